The van der Waals surface area contributed by atoms with Crippen molar-refractivity contribution >= 4 is 39.2 Å². The van der Waals surface area contributed by atoms with Crippen LogP contribution in [-0.2, 0) is 19.6 Å². The van der Waals surface area contributed by atoms with Crippen molar-refractivity contribution in [3.63, 3.8) is 0 Å². The van der Waals surface area contributed by atoms with Crippen molar-refractivity contribution in [1.29, 1.82) is 0 Å². The predicted octanol–water partition coefficient (Wildman–Crippen LogP) is 2.61. The second-order valence-corrected chi connectivity index (χ2v) is 8.59. The van der Waals surface area contributed by atoms with E-state index in [1.54, 1.807) is 18.2 Å². The van der Waals surface area contributed by atoms with Gasteiger partial charge in [-0.15, -0.1) is 0 Å². The third kappa shape index (κ3) is 4.35. The van der Waals surface area contributed by atoms with Crippen LogP contribution in [0.3, 0.4) is 0 Å². The van der Waals surface area contributed by atoms with Crippen LogP contribution >= 0.6 is 11.6 Å². The van der Waals surface area contributed by atoms with Crippen LogP contribution in [0.2, 0.25) is 5.02 Å². The number of amides is 1. The van der Waals surface area contributed by atoms with Crippen molar-refractivity contribution in [2.45, 2.75) is 23.7 Å². The molecule has 9 heteroatoms. The Hall–Kier alpha value is -2.42. The molecule has 1 heterocycles. The van der Waals surface area contributed by atoms with E-state index in [9.17, 15) is 18.0 Å². The lowest BCUT2D eigenvalue weighted by molar-refractivity contribution is -0.136. The van der Waals surface area contributed by atoms with Crippen LogP contribution in [0.1, 0.15) is 24.3 Å². The molecule has 0 aliphatic carbocycles. The molecule has 1 amide bonds. The number of fused-ring (bicyclic) bond motifs is 1. The number of para-hydroxylation sites is 1. The summed E-state index contributed by atoms with van der Waals surface area (Å²) in [5, 5.41) is 9.35. The summed E-state index contributed by atoms with van der Waals surface area (Å²) >= 11 is 5.78. The molecule has 0 aromatic heterocycles. The molecule has 3 rings (SSSR count). The van der Waals surface area contributed by atoms with Crippen LogP contribution in [0.25, 0.3) is 0 Å². The first-order valence-corrected chi connectivity index (χ1v) is 10.5. The highest BCUT2D eigenvalue weighted by Crippen LogP contribution is 2.38. The lowest BCUT2D eigenvalue weighted by Gasteiger charge is -2.17. The summed E-state index contributed by atoms with van der Waals surface area (Å²) in [5.74, 6) is -1.71. The quantitative estimate of drug-likeness (QED) is 0.680. The summed E-state index contributed by atoms with van der Waals surface area (Å²) in [6.45, 7) is 0.153. The zero-order valence-electron chi connectivity index (χ0n) is 14.8. The van der Waals surface area contributed by atoms with Crippen LogP contribution < -0.4 is 9.62 Å². The van der Waals surface area contributed by atoms with Gasteiger partial charge in [-0.05, 0) is 42.3 Å². The number of hydrogen-bond donors (Lipinski definition) is 2. The van der Waals surface area contributed by atoms with Gasteiger partial charge in [-0.1, -0.05) is 29.8 Å². The van der Waals surface area contributed by atoms with E-state index in [2.05, 4.69) is 4.72 Å². The Balaban J connectivity index is 1.69. The van der Waals surface area contributed by atoms with Gasteiger partial charge in [0.25, 0.3) is 0 Å². The molecule has 2 aromatic rings. The van der Waals surface area contributed by atoms with Gasteiger partial charge in [0.15, 0.2) is 0 Å². The molecule has 1 unspecified atom stereocenters. The summed E-state index contributed by atoms with van der Waals surface area (Å²) in [5.41, 5.74) is 1.46. The lowest BCUT2D eigenvalue weighted by atomic mass is 9.97. The van der Waals surface area contributed by atoms with Gasteiger partial charge in [0.1, 0.15) is 0 Å². The Kier molecular flexibility index (Phi) is 6.02. The van der Waals surface area contributed by atoms with E-state index in [0.29, 0.717) is 10.7 Å². The molecule has 1 atom stereocenters. The second kappa shape index (κ2) is 8.30. The second-order valence-electron chi connectivity index (χ2n) is 6.39. The highest BCUT2D eigenvalue weighted by atomic mass is 35.5. The van der Waals surface area contributed by atoms with Crippen LogP contribution in [0.15, 0.2) is 53.4 Å². The van der Waals surface area contributed by atoms with E-state index in [0.717, 1.165) is 5.56 Å². The standard InChI is InChI=1S/C19H19ClN2O5S/c20-13-5-7-14(8-6-13)28(26,27)21-11-9-16-15-3-1-2-4-17(15)22(19(16)25)12-10-18(23)24/h1-8,16,21H,9-12H2,(H,23,24). The minimum atomic E-state index is -3.71. The predicted molar refractivity (Wildman–Crippen MR) is 105 cm³/mol. The average molecular weight is 423 g/mol. The molecule has 7 nitrogen and oxygen atoms in total. The van der Waals surface area contributed by atoms with E-state index < -0.39 is 21.9 Å². The maximum absolute atomic E-state index is 12.8. The molecule has 0 bridgehead atoms. The number of anilines is 1. The van der Waals surface area contributed by atoms with Crippen molar-refractivity contribution in [3.8, 4) is 0 Å². The fourth-order valence-corrected chi connectivity index (χ4v) is 4.39. The van der Waals surface area contributed by atoms with Crippen LogP contribution in [0, 0.1) is 0 Å². The van der Waals surface area contributed by atoms with Crippen molar-refractivity contribution in [2.24, 2.45) is 0 Å². The van der Waals surface area contributed by atoms with E-state index in [1.807, 2.05) is 6.07 Å². The fraction of sp³-hybridized carbons (Fsp3) is 0.263. The number of carbonyl (C=O) groups is 2. The number of benzene rings is 2. The number of halogens is 1. The molecule has 148 valence electrons. The molecule has 1 aliphatic heterocycles. The normalized spacial score (nSPS) is 16.2. The molecule has 1 aliphatic rings. The molecular weight excluding hydrogens is 404 g/mol. The Morgan fingerprint density at radius 2 is 1.82 bits per heavy atom. The third-order valence-electron chi connectivity index (χ3n) is 4.57. The first kappa shape index (κ1) is 20.3. The number of carboxylic acid groups (broad SMARTS) is 1. The van der Waals surface area contributed by atoms with E-state index >= 15 is 0 Å². The topological polar surface area (TPSA) is 104 Å². The molecule has 0 radical (unpaired) electrons. The van der Waals surface area contributed by atoms with Gasteiger partial charge < -0.3 is 10.0 Å². The number of sulfonamides is 1. The van der Waals surface area contributed by atoms with Gasteiger partial charge in [-0.25, -0.2) is 13.1 Å². The lowest BCUT2D eigenvalue weighted by Crippen LogP contribution is -2.32. The highest BCUT2D eigenvalue weighted by Gasteiger charge is 2.36. The van der Waals surface area contributed by atoms with Crippen molar-refractivity contribution in [2.75, 3.05) is 18.0 Å². The number of aliphatic carboxylic acids is 1. The fourth-order valence-electron chi connectivity index (χ4n) is 3.22. The Morgan fingerprint density at radius 1 is 1.14 bits per heavy atom. The van der Waals surface area contributed by atoms with Gasteiger partial charge in [-0.3, -0.25) is 9.59 Å². The SMILES string of the molecule is O=C(O)CCN1C(=O)C(CCNS(=O)(=O)c2ccc(Cl)cc2)c2ccccc21. The molecule has 0 fully saturated rings. The van der Waals surface area contributed by atoms with Gasteiger partial charge in [0.05, 0.1) is 17.2 Å². The summed E-state index contributed by atoms with van der Waals surface area (Å²) in [6.07, 6.45) is 0.113. The van der Waals surface area contributed by atoms with Crippen LogP contribution in [0.5, 0.6) is 0 Å². The zero-order valence-corrected chi connectivity index (χ0v) is 16.4. The van der Waals surface area contributed by atoms with Crippen LogP contribution in [0.4, 0.5) is 5.69 Å². The van der Waals surface area contributed by atoms with Crippen molar-refractivity contribution in [3.05, 3.63) is 59.1 Å². The number of nitrogens with zero attached hydrogens (tertiary/aromatic N) is 1. The summed E-state index contributed by atoms with van der Waals surface area (Å²) < 4.78 is 27.2. The highest BCUT2D eigenvalue weighted by molar-refractivity contribution is 7.89. The average Bonchev–Trinajstić information content (AvgIpc) is 2.92. The van der Waals surface area contributed by atoms with E-state index in [-0.39, 0.29) is 36.7 Å². The molecule has 2 aromatic carbocycles. The Bertz CT molecular complexity index is 992. The molecule has 0 saturated carbocycles. The molecule has 2 N–H and O–H groups in total. The third-order valence-corrected chi connectivity index (χ3v) is 6.29. The number of carboxylic acids is 1. The van der Waals surface area contributed by atoms with Gasteiger partial charge in [0.2, 0.25) is 15.9 Å². The molecule has 0 saturated heterocycles. The van der Waals surface area contributed by atoms with E-state index in [4.69, 9.17) is 16.7 Å². The van der Waals surface area contributed by atoms with Crippen molar-refractivity contribution < 1.29 is 23.1 Å². The summed E-state index contributed by atoms with van der Waals surface area (Å²) in [7, 11) is -3.71. The molecule has 0 spiro atoms. The van der Waals surface area contributed by atoms with Crippen molar-refractivity contribution in [1.82, 2.24) is 4.72 Å². The maximum Gasteiger partial charge on any atom is 0.305 e. The first-order valence-electron chi connectivity index (χ1n) is 8.67. The van der Waals surface area contributed by atoms with Crippen LogP contribution in [-0.4, -0.2) is 38.5 Å². The summed E-state index contributed by atoms with van der Waals surface area (Å²) in [4.78, 5) is 25.2. The number of hydrogen-bond acceptors (Lipinski definition) is 4. The summed E-state index contributed by atoms with van der Waals surface area (Å²) in [6, 6.07) is 13.0. The Labute approximate surface area is 168 Å². The largest absolute Gasteiger partial charge is 0.481 e. The first-order chi connectivity index (χ1) is 13.3. The zero-order chi connectivity index (χ0) is 20.3. The minimum Gasteiger partial charge on any atom is -0.481 e. The molecular formula is C19H19ClN2O5S. The van der Waals surface area contributed by atoms with E-state index in [1.165, 1.54) is 29.2 Å². The van der Waals surface area contributed by atoms with Gasteiger partial charge in [-0.2, -0.15) is 0 Å². The smallest absolute Gasteiger partial charge is 0.305 e. The number of carbonyl (C=O) groups excluding carboxylic acids is 1. The molecule has 28 heavy (non-hydrogen) atoms. The number of nitrogens with one attached hydrogen (secondary N) is 1. The Morgan fingerprint density at radius 3 is 2.50 bits per heavy atom. The van der Waals surface area contributed by atoms with Gasteiger partial charge >= 0.3 is 5.97 Å². The van der Waals surface area contributed by atoms with Gasteiger partial charge in [0, 0.05) is 23.8 Å². The minimum absolute atomic E-state index is 0.0719. The monoisotopic (exact) mass is 422 g/mol. The number of rotatable bonds is 8. The maximum atomic E-state index is 12.8.